The van der Waals surface area contributed by atoms with Crippen LogP contribution in [0.3, 0.4) is 0 Å². The molecule has 0 saturated heterocycles. The van der Waals surface area contributed by atoms with Crippen LogP contribution in [0, 0.1) is 6.92 Å². The molecular weight excluding hydrogens is 256 g/mol. The van der Waals surface area contributed by atoms with Gasteiger partial charge in [-0.1, -0.05) is 18.5 Å². The molecule has 0 spiro atoms. The van der Waals surface area contributed by atoms with Gasteiger partial charge in [0.1, 0.15) is 5.82 Å². The van der Waals surface area contributed by atoms with Crippen molar-refractivity contribution in [3.8, 4) is 0 Å². The molecule has 0 unspecified atom stereocenters. The van der Waals surface area contributed by atoms with Gasteiger partial charge >= 0.3 is 0 Å². The van der Waals surface area contributed by atoms with Gasteiger partial charge in [0, 0.05) is 24.4 Å². The predicted octanol–water partition coefficient (Wildman–Crippen LogP) is 2.62. The monoisotopic (exact) mass is 274 g/mol. The number of pyridine rings is 1. The van der Waals surface area contributed by atoms with Gasteiger partial charge in [-0.25, -0.2) is 4.98 Å². The van der Waals surface area contributed by atoms with E-state index >= 15 is 0 Å². The van der Waals surface area contributed by atoms with Crippen LogP contribution in [0.1, 0.15) is 35.1 Å². The average molecular weight is 274 g/mol. The van der Waals surface area contributed by atoms with Crippen LogP contribution in [0.25, 0.3) is 0 Å². The fourth-order valence-corrected chi connectivity index (χ4v) is 1.84. The van der Waals surface area contributed by atoms with Crippen molar-refractivity contribution in [1.82, 2.24) is 10.1 Å². The lowest BCUT2D eigenvalue weighted by Gasteiger charge is -2.07. The Morgan fingerprint density at radius 3 is 2.75 bits per heavy atom. The largest absolute Gasteiger partial charge is 0.373 e. The molecule has 2 rings (SSSR count). The van der Waals surface area contributed by atoms with E-state index in [0.29, 0.717) is 17.3 Å². The molecule has 2 heterocycles. The second-order valence-corrected chi connectivity index (χ2v) is 4.52. The second kappa shape index (κ2) is 6.18. The molecule has 1 amide bonds. The van der Waals surface area contributed by atoms with E-state index in [1.807, 2.05) is 0 Å². The standard InChI is InChI=1S/C14H18N4O2/c1-4-5-11-7-10(8-12(15-3)16-11)14(19)17-13-6-9(2)18-20-13/h6-8H,4-5H2,1-3H3,(H,15,16)(H,17,19). The predicted molar refractivity (Wildman–Crippen MR) is 77.0 cm³/mol. The van der Waals surface area contributed by atoms with Gasteiger partial charge in [-0.3, -0.25) is 10.1 Å². The first-order chi connectivity index (χ1) is 9.62. The van der Waals surface area contributed by atoms with Crippen molar-refractivity contribution < 1.29 is 9.32 Å². The fourth-order valence-electron chi connectivity index (χ4n) is 1.84. The molecule has 0 aliphatic heterocycles. The van der Waals surface area contributed by atoms with E-state index in [1.54, 1.807) is 32.2 Å². The number of hydrogen-bond donors (Lipinski definition) is 2. The SMILES string of the molecule is CCCc1cc(C(=O)Nc2cc(C)no2)cc(NC)n1. The number of nitrogens with one attached hydrogen (secondary N) is 2. The summed E-state index contributed by atoms with van der Waals surface area (Å²) in [6, 6.07) is 5.17. The minimum atomic E-state index is -0.239. The number of rotatable bonds is 5. The highest BCUT2D eigenvalue weighted by atomic mass is 16.5. The third kappa shape index (κ3) is 3.34. The number of carbonyl (C=O) groups excluding carboxylic acids is 1. The molecule has 2 aromatic heterocycles. The Hall–Kier alpha value is -2.37. The van der Waals surface area contributed by atoms with Crippen LogP contribution in [0.4, 0.5) is 11.7 Å². The summed E-state index contributed by atoms with van der Waals surface area (Å²) in [5, 5.41) is 9.37. The number of anilines is 2. The van der Waals surface area contributed by atoms with Crippen LogP contribution < -0.4 is 10.6 Å². The summed E-state index contributed by atoms with van der Waals surface area (Å²) in [5.41, 5.74) is 2.15. The van der Waals surface area contributed by atoms with Crippen molar-refractivity contribution in [2.24, 2.45) is 0 Å². The Balaban J connectivity index is 2.21. The molecule has 0 atom stereocenters. The lowest BCUT2D eigenvalue weighted by Crippen LogP contribution is -2.13. The highest BCUT2D eigenvalue weighted by Crippen LogP contribution is 2.15. The van der Waals surface area contributed by atoms with Gasteiger partial charge in [-0.15, -0.1) is 0 Å². The summed E-state index contributed by atoms with van der Waals surface area (Å²) in [6.07, 6.45) is 1.81. The van der Waals surface area contributed by atoms with Crippen molar-refractivity contribution in [3.63, 3.8) is 0 Å². The van der Waals surface area contributed by atoms with Gasteiger partial charge in [0.15, 0.2) is 0 Å². The van der Waals surface area contributed by atoms with E-state index in [1.165, 1.54) is 0 Å². The molecule has 2 aromatic rings. The number of aromatic nitrogens is 2. The first-order valence-corrected chi connectivity index (χ1v) is 6.55. The highest BCUT2D eigenvalue weighted by molar-refractivity contribution is 6.04. The lowest BCUT2D eigenvalue weighted by atomic mass is 10.1. The number of amides is 1. The molecule has 106 valence electrons. The minimum Gasteiger partial charge on any atom is -0.373 e. The number of hydrogen-bond acceptors (Lipinski definition) is 5. The van der Waals surface area contributed by atoms with Gasteiger partial charge in [-0.2, -0.15) is 0 Å². The number of carbonyl (C=O) groups is 1. The third-order valence-corrected chi connectivity index (χ3v) is 2.77. The normalized spacial score (nSPS) is 10.3. The van der Waals surface area contributed by atoms with Crippen LogP contribution in [-0.4, -0.2) is 23.1 Å². The van der Waals surface area contributed by atoms with E-state index in [-0.39, 0.29) is 5.91 Å². The third-order valence-electron chi connectivity index (χ3n) is 2.77. The summed E-state index contributed by atoms with van der Waals surface area (Å²) in [7, 11) is 1.78. The van der Waals surface area contributed by atoms with Gasteiger partial charge in [0.2, 0.25) is 5.88 Å². The van der Waals surface area contributed by atoms with E-state index in [0.717, 1.165) is 24.2 Å². The van der Waals surface area contributed by atoms with E-state index < -0.39 is 0 Å². The summed E-state index contributed by atoms with van der Waals surface area (Å²) in [4.78, 5) is 16.6. The lowest BCUT2D eigenvalue weighted by molar-refractivity contribution is 0.102. The van der Waals surface area contributed by atoms with Gasteiger partial charge in [0.25, 0.3) is 5.91 Å². The highest BCUT2D eigenvalue weighted by Gasteiger charge is 2.12. The first kappa shape index (κ1) is 14.0. The molecule has 2 N–H and O–H groups in total. The zero-order chi connectivity index (χ0) is 14.5. The topological polar surface area (TPSA) is 80.0 Å². The van der Waals surface area contributed by atoms with Crippen molar-refractivity contribution >= 4 is 17.6 Å². The maximum Gasteiger partial charge on any atom is 0.258 e. The molecule has 0 aromatic carbocycles. The van der Waals surface area contributed by atoms with Crippen LogP contribution in [-0.2, 0) is 6.42 Å². The van der Waals surface area contributed by atoms with Crippen molar-refractivity contribution in [1.29, 1.82) is 0 Å². The molecule has 0 bridgehead atoms. The summed E-state index contributed by atoms with van der Waals surface area (Å²) < 4.78 is 4.98. The van der Waals surface area contributed by atoms with Crippen LogP contribution in [0.5, 0.6) is 0 Å². The Bertz CT molecular complexity index is 607. The minimum absolute atomic E-state index is 0.239. The quantitative estimate of drug-likeness (QED) is 0.876. The summed E-state index contributed by atoms with van der Waals surface area (Å²) in [6.45, 7) is 3.87. The molecule has 0 saturated carbocycles. The zero-order valence-corrected chi connectivity index (χ0v) is 11.9. The average Bonchev–Trinajstić information content (AvgIpc) is 2.84. The maximum absolute atomic E-state index is 12.2. The summed E-state index contributed by atoms with van der Waals surface area (Å²) in [5.74, 6) is 0.777. The number of nitrogens with zero attached hydrogens (tertiary/aromatic N) is 2. The molecule has 6 heteroatoms. The second-order valence-electron chi connectivity index (χ2n) is 4.52. The van der Waals surface area contributed by atoms with Crippen LogP contribution >= 0.6 is 0 Å². The van der Waals surface area contributed by atoms with E-state index in [9.17, 15) is 4.79 Å². The Labute approximate surface area is 117 Å². The Morgan fingerprint density at radius 1 is 1.35 bits per heavy atom. The van der Waals surface area contributed by atoms with E-state index in [4.69, 9.17) is 4.52 Å². The van der Waals surface area contributed by atoms with Crippen LogP contribution in [0.15, 0.2) is 22.7 Å². The molecule has 6 nitrogen and oxygen atoms in total. The van der Waals surface area contributed by atoms with Gasteiger partial charge in [-0.05, 0) is 25.5 Å². The smallest absolute Gasteiger partial charge is 0.258 e. The molecule has 0 fully saturated rings. The molecule has 20 heavy (non-hydrogen) atoms. The zero-order valence-electron chi connectivity index (χ0n) is 11.9. The molecule has 0 aliphatic rings. The fraction of sp³-hybridized carbons (Fsp3) is 0.357. The summed E-state index contributed by atoms with van der Waals surface area (Å²) >= 11 is 0. The number of aryl methyl sites for hydroxylation is 2. The van der Waals surface area contributed by atoms with Gasteiger partial charge in [0.05, 0.1) is 5.69 Å². The van der Waals surface area contributed by atoms with Crippen molar-refractivity contribution in [2.75, 3.05) is 17.7 Å². The first-order valence-electron chi connectivity index (χ1n) is 6.55. The van der Waals surface area contributed by atoms with E-state index in [2.05, 4.69) is 27.7 Å². The van der Waals surface area contributed by atoms with Crippen molar-refractivity contribution in [3.05, 3.63) is 35.2 Å². The van der Waals surface area contributed by atoms with Crippen molar-refractivity contribution in [2.45, 2.75) is 26.7 Å². The Morgan fingerprint density at radius 2 is 2.15 bits per heavy atom. The molecule has 0 aliphatic carbocycles. The van der Waals surface area contributed by atoms with Gasteiger partial charge < -0.3 is 9.84 Å². The maximum atomic E-state index is 12.2. The Kier molecular flexibility index (Phi) is 4.34. The molecular formula is C14H18N4O2. The molecule has 0 radical (unpaired) electrons. The van der Waals surface area contributed by atoms with Crippen LogP contribution in [0.2, 0.25) is 0 Å².